The first kappa shape index (κ1) is 15.2. The number of amidine groups is 1. The first-order chi connectivity index (χ1) is 10.5. The van der Waals surface area contributed by atoms with Gasteiger partial charge in [-0.1, -0.05) is 0 Å². The van der Waals surface area contributed by atoms with Gasteiger partial charge in [-0.2, -0.15) is 4.99 Å². The van der Waals surface area contributed by atoms with Gasteiger partial charge in [-0.05, 0) is 79.8 Å². The van der Waals surface area contributed by atoms with Gasteiger partial charge in [-0.3, -0.25) is 4.79 Å². The van der Waals surface area contributed by atoms with E-state index in [0.717, 1.165) is 34.9 Å². The number of rotatable bonds is 1. The molecule has 1 amide bonds. The van der Waals surface area contributed by atoms with Crippen LogP contribution in [-0.2, 0) is 4.79 Å². The Labute approximate surface area is 134 Å². The molecule has 0 bridgehead atoms. The Morgan fingerprint density at radius 3 is 2.45 bits per heavy atom. The minimum atomic E-state index is -0.158. The molecule has 0 aromatic heterocycles. The summed E-state index contributed by atoms with van der Waals surface area (Å²) in [5.74, 6) is 0.159. The van der Waals surface area contributed by atoms with Crippen LogP contribution in [0.15, 0.2) is 22.0 Å². The maximum absolute atomic E-state index is 12.1. The lowest BCUT2D eigenvalue weighted by molar-refractivity contribution is -0.113. The molecule has 4 nitrogen and oxygen atoms in total. The number of hydrogen-bond donors (Lipinski definition) is 1. The van der Waals surface area contributed by atoms with Gasteiger partial charge in [-0.15, -0.1) is 0 Å². The molecule has 0 saturated carbocycles. The highest BCUT2D eigenvalue weighted by Gasteiger charge is 2.26. The second kappa shape index (κ2) is 6.16. The fourth-order valence-corrected chi connectivity index (χ4v) is 3.81. The van der Waals surface area contributed by atoms with E-state index in [2.05, 4.69) is 9.89 Å². The highest BCUT2D eigenvalue weighted by molar-refractivity contribution is 8.18. The molecule has 1 saturated heterocycles. The topological polar surface area (TPSA) is 52.9 Å². The molecule has 0 aliphatic carbocycles. The Bertz CT molecular complexity index is 650. The van der Waals surface area contributed by atoms with Gasteiger partial charge < -0.3 is 10.0 Å². The molecule has 5 heteroatoms. The SMILES string of the molecule is Cc1cc(/C=C2/SC(N3CCCCC3)=NC2=O)cc(C)c1O. The average molecular weight is 316 g/mol. The molecule has 0 unspecified atom stereocenters. The van der Waals surface area contributed by atoms with Crippen molar-refractivity contribution in [1.82, 2.24) is 4.90 Å². The lowest BCUT2D eigenvalue weighted by atomic mass is 10.1. The molecule has 2 aliphatic rings. The van der Waals surface area contributed by atoms with E-state index in [4.69, 9.17) is 0 Å². The van der Waals surface area contributed by atoms with E-state index < -0.39 is 0 Å². The molecule has 1 N–H and O–H groups in total. The van der Waals surface area contributed by atoms with E-state index in [-0.39, 0.29) is 5.91 Å². The van der Waals surface area contributed by atoms with Gasteiger partial charge in [0.05, 0.1) is 4.91 Å². The lowest BCUT2D eigenvalue weighted by Gasteiger charge is -2.27. The van der Waals surface area contributed by atoms with Gasteiger partial charge in [0.1, 0.15) is 5.75 Å². The number of likely N-dealkylation sites (tertiary alicyclic amines) is 1. The van der Waals surface area contributed by atoms with E-state index in [9.17, 15) is 9.90 Å². The van der Waals surface area contributed by atoms with Crippen molar-refractivity contribution >= 4 is 28.9 Å². The van der Waals surface area contributed by atoms with Crippen LogP contribution in [0.25, 0.3) is 6.08 Å². The van der Waals surface area contributed by atoms with Crippen molar-refractivity contribution in [3.63, 3.8) is 0 Å². The number of thioether (sulfide) groups is 1. The first-order valence-electron chi connectivity index (χ1n) is 7.62. The minimum absolute atomic E-state index is 0.158. The third kappa shape index (κ3) is 3.04. The highest BCUT2D eigenvalue weighted by Crippen LogP contribution is 2.32. The number of hydrogen-bond acceptors (Lipinski definition) is 4. The molecular formula is C17H20N2O2S. The van der Waals surface area contributed by atoms with Crippen molar-refractivity contribution in [2.45, 2.75) is 33.1 Å². The van der Waals surface area contributed by atoms with Crippen molar-refractivity contribution in [2.75, 3.05) is 13.1 Å². The van der Waals surface area contributed by atoms with Gasteiger partial charge in [-0.25, -0.2) is 0 Å². The Kier molecular flexibility index (Phi) is 4.25. The number of carbonyl (C=O) groups is 1. The van der Waals surface area contributed by atoms with Crippen LogP contribution in [-0.4, -0.2) is 34.2 Å². The van der Waals surface area contributed by atoms with Crippen molar-refractivity contribution in [1.29, 1.82) is 0 Å². The predicted molar refractivity (Wildman–Crippen MR) is 91.0 cm³/mol. The smallest absolute Gasteiger partial charge is 0.286 e. The summed E-state index contributed by atoms with van der Waals surface area (Å²) in [5, 5.41) is 10.7. The van der Waals surface area contributed by atoms with E-state index in [1.807, 2.05) is 32.1 Å². The highest BCUT2D eigenvalue weighted by atomic mass is 32.2. The van der Waals surface area contributed by atoms with Crippen molar-refractivity contribution < 1.29 is 9.90 Å². The molecule has 3 rings (SSSR count). The minimum Gasteiger partial charge on any atom is -0.507 e. The van der Waals surface area contributed by atoms with Crippen LogP contribution in [0.3, 0.4) is 0 Å². The number of phenols is 1. The van der Waals surface area contributed by atoms with Crippen LogP contribution in [0.4, 0.5) is 0 Å². The zero-order chi connectivity index (χ0) is 15.7. The number of carbonyl (C=O) groups excluding carboxylic acids is 1. The zero-order valence-corrected chi connectivity index (χ0v) is 13.7. The first-order valence-corrected chi connectivity index (χ1v) is 8.44. The molecular weight excluding hydrogens is 296 g/mol. The summed E-state index contributed by atoms with van der Waals surface area (Å²) in [6.45, 7) is 5.71. The normalized spacial score (nSPS) is 20.6. The summed E-state index contributed by atoms with van der Waals surface area (Å²) in [5.41, 5.74) is 2.57. The van der Waals surface area contributed by atoms with Crippen molar-refractivity contribution in [3.8, 4) is 5.75 Å². The maximum Gasteiger partial charge on any atom is 0.286 e. The Morgan fingerprint density at radius 1 is 1.18 bits per heavy atom. The number of benzene rings is 1. The largest absolute Gasteiger partial charge is 0.507 e. The molecule has 0 radical (unpaired) electrons. The molecule has 2 aliphatic heterocycles. The van der Waals surface area contributed by atoms with E-state index in [1.165, 1.54) is 31.0 Å². The van der Waals surface area contributed by atoms with Gasteiger partial charge in [0.2, 0.25) is 0 Å². The van der Waals surface area contributed by atoms with Crippen LogP contribution in [0.1, 0.15) is 36.0 Å². The van der Waals surface area contributed by atoms with E-state index >= 15 is 0 Å². The molecule has 1 fully saturated rings. The second-order valence-electron chi connectivity index (χ2n) is 5.86. The van der Waals surface area contributed by atoms with Crippen LogP contribution in [0, 0.1) is 13.8 Å². The summed E-state index contributed by atoms with van der Waals surface area (Å²) >= 11 is 1.46. The van der Waals surface area contributed by atoms with Crippen LogP contribution in [0.2, 0.25) is 0 Å². The summed E-state index contributed by atoms with van der Waals surface area (Å²) in [6.07, 6.45) is 5.47. The number of amides is 1. The number of aromatic hydroxyl groups is 1. The van der Waals surface area contributed by atoms with Gasteiger partial charge in [0, 0.05) is 13.1 Å². The summed E-state index contributed by atoms with van der Waals surface area (Å²) < 4.78 is 0. The van der Waals surface area contributed by atoms with Crippen LogP contribution >= 0.6 is 11.8 Å². The standard InChI is InChI=1S/C17H20N2O2S/c1-11-8-13(9-12(2)15(11)20)10-14-16(21)18-17(22-14)19-6-4-3-5-7-19/h8-10,20H,3-7H2,1-2H3/b14-10+. The predicted octanol–water partition coefficient (Wildman–Crippen LogP) is 3.47. The monoisotopic (exact) mass is 316 g/mol. The second-order valence-corrected chi connectivity index (χ2v) is 6.87. The van der Waals surface area contributed by atoms with Gasteiger partial charge in [0.15, 0.2) is 5.17 Å². The van der Waals surface area contributed by atoms with Crippen molar-refractivity contribution in [2.24, 2.45) is 4.99 Å². The molecule has 0 atom stereocenters. The van der Waals surface area contributed by atoms with E-state index in [1.54, 1.807) is 0 Å². The lowest BCUT2D eigenvalue weighted by Crippen LogP contribution is -2.33. The zero-order valence-electron chi connectivity index (χ0n) is 12.9. The Balaban J connectivity index is 1.80. The summed E-state index contributed by atoms with van der Waals surface area (Å²) in [7, 11) is 0. The van der Waals surface area contributed by atoms with Gasteiger partial charge in [0.25, 0.3) is 5.91 Å². The van der Waals surface area contributed by atoms with Crippen LogP contribution < -0.4 is 0 Å². The number of phenolic OH excluding ortho intramolecular Hbond substituents is 1. The molecule has 2 heterocycles. The Hall–Kier alpha value is -1.75. The molecule has 1 aromatic carbocycles. The fraction of sp³-hybridized carbons (Fsp3) is 0.412. The molecule has 116 valence electrons. The van der Waals surface area contributed by atoms with Crippen molar-refractivity contribution in [3.05, 3.63) is 33.7 Å². The molecule has 1 aromatic rings. The third-order valence-corrected chi connectivity index (χ3v) is 5.09. The number of aryl methyl sites for hydroxylation is 2. The fourth-order valence-electron chi connectivity index (χ4n) is 2.84. The number of piperidine rings is 1. The average Bonchev–Trinajstić information content (AvgIpc) is 2.87. The third-order valence-electron chi connectivity index (χ3n) is 4.05. The van der Waals surface area contributed by atoms with Crippen LogP contribution in [0.5, 0.6) is 5.75 Å². The van der Waals surface area contributed by atoms with E-state index in [0.29, 0.717) is 10.7 Å². The summed E-state index contributed by atoms with van der Waals surface area (Å²) in [6, 6.07) is 3.78. The quantitative estimate of drug-likeness (QED) is 0.806. The van der Waals surface area contributed by atoms with Gasteiger partial charge >= 0.3 is 0 Å². The number of nitrogens with zero attached hydrogens (tertiary/aromatic N) is 2. The number of aliphatic imine (C=N–C) groups is 1. The molecule has 22 heavy (non-hydrogen) atoms. The maximum atomic E-state index is 12.1. The summed E-state index contributed by atoms with van der Waals surface area (Å²) in [4.78, 5) is 19.2. The Morgan fingerprint density at radius 2 is 1.82 bits per heavy atom. The molecule has 0 spiro atoms.